The van der Waals surface area contributed by atoms with Gasteiger partial charge in [0, 0.05) is 27.1 Å². The molecule has 1 aromatic rings. The van der Waals surface area contributed by atoms with E-state index in [1.807, 2.05) is 0 Å². The number of nitrogens with two attached hydrogens (primary N) is 1. The topological polar surface area (TPSA) is 92.5 Å². The second-order valence-corrected chi connectivity index (χ2v) is 6.38. The van der Waals surface area contributed by atoms with E-state index in [0.717, 1.165) is 12.1 Å². The van der Waals surface area contributed by atoms with Crippen molar-refractivity contribution in [1.82, 2.24) is 9.62 Å². The van der Waals surface area contributed by atoms with Crippen molar-refractivity contribution in [2.45, 2.75) is 11.3 Å². The fourth-order valence-electron chi connectivity index (χ4n) is 1.34. The summed E-state index contributed by atoms with van der Waals surface area (Å²) in [6.45, 7) is -0.0903. The molecule has 0 aromatic heterocycles. The van der Waals surface area contributed by atoms with E-state index in [9.17, 15) is 17.6 Å². The Hall–Kier alpha value is -1.38. The molecule has 9 heteroatoms. The summed E-state index contributed by atoms with van der Waals surface area (Å²) in [6.07, 6.45) is 0.000522. The first-order chi connectivity index (χ1) is 9.15. The Bertz CT molecular complexity index is 620. The van der Waals surface area contributed by atoms with E-state index in [1.54, 1.807) is 14.1 Å². The highest BCUT2D eigenvalue weighted by atomic mass is 35.5. The largest absolute Gasteiger partial charge is 0.396 e. The summed E-state index contributed by atoms with van der Waals surface area (Å²) >= 11 is 5.69. The molecule has 20 heavy (non-hydrogen) atoms. The van der Waals surface area contributed by atoms with Gasteiger partial charge in [-0.1, -0.05) is 11.6 Å². The van der Waals surface area contributed by atoms with Crippen LogP contribution in [0.1, 0.15) is 6.42 Å². The second-order valence-electron chi connectivity index (χ2n) is 4.24. The van der Waals surface area contributed by atoms with Crippen LogP contribution in [-0.4, -0.2) is 39.9 Å². The van der Waals surface area contributed by atoms with E-state index >= 15 is 0 Å². The zero-order valence-corrected chi connectivity index (χ0v) is 12.6. The Labute approximate surface area is 121 Å². The normalized spacial score (nSPS) is 11.4. The van der Waals surface area contributed by atoms with Gasteiger partial charge in [-0.15, -0.1) is 0 Å². The molecule has 0 bridgehead atoms. The lowest BCUT2D eigenvalue weighted by molar-refractivity contribution is -0.128. The first kappa shape index (κ1) is 16.7. The van der Waals surface area contributed by atoms with Gasteiger partial charge in [-0.05, 0) is 12.1 Å². The van der Waals surface area contributed by atoms with Gasteiger partial charge in [-0.2, -0.15) is 0 Å². The van der Waals surface area contributed by atoms with Gasteiger partial charge in [0.1, 0.15) is 10.7 Å². The lowest BCUT2D eigenvalue weighted by Crippen LogP contribution is -2.30. The summed E-state index contributed by atoms with van der Waals surface area (Å²) in [5, 5.41) is -0.275. The Kier molecular flexibility index (Phi) is 5.32. The van der Waals surface area contributed by atoms with Crippen LogP contribution in [0.3, 0.4) is 0 Å². The van der Waals surface area contributed by atoms with Crippen molar-refractivity contribution in [3.8, 4) is 0 Å². The molecule has 0 saturated carbocycles. The van der Waals surface area contributed by atoms with Gasteiger partial charge in [-0.25, -0.2) is 17.5 Å². The van der Waals surface area contributed by atoms with Crippen LogP contribution in [-0.2, 0) is 14.8 Å². The van der Waals surface area contributed by atoms with E-state index < -0.39 is 15.8 Å². The summed E-state index contributed by atoms with van der Waals surface area (Å²) in [4.78, 5) is 12.3. The lowest BCUT2D eigenvalue weighted by atomic mass is 10.3. The molecule has 0 aliphatic carbocycles. The van der Waals surface area contributed by atoms with E-state index in [1.165, 1.54) is 4.90 Å². The number of halogens is 2. The maximum Gasteiger partial charge on any atom is 0.242 e. The summed E-state index contributed by atoms with van der Waals surface area (Å²) < 4.78 is 39.3. The first-order valence-corrected chi connectivity index (χ1v) is 7.45. The minimum absolute atomic E-state index is 0.000522. The fourth-order valence-corrected chi connectivity index (χ4v) is 2.92. The molecule has 112 valence electrons. The standard InChI is InChI=1S/C11H15ClFN3O3S/c1-16(2)11(17)3-4-15-20(18,19)10-6-9(14)8(13)5-7(10)12/h5-6,15H,3-4,14H2,1-2H3. The summed E-state index contributed by atoms with van der Waals surface area (Å²) in [6, 6.07) is 1.77. The average Bonchev–Trinajstić information content (AvgIpc) is 2.33. The van der Waals surface area contributed by atoms with Crippen LogP contribution in [0.5, 0.6) is 0 Å². The van der Waals surface area contributed by atoms with E-state index in [4.69, 9.17) is 17.3 Å². The highest BCUT2D eigenvalue weighted by molar-refractivity contribution is 7.89. The van der Waals surface area contributed by atoms with E-state index in [0.29, 0.717) is 0 Å². The third kappa shape index (κ3) is 4.06. The molecular formula is C11H15ClFN3O3S. The Morgan fingerprint density at radius 3 is 2.60 bits per heavy atom. The van der Waals surface area contributed by atoms with Gasteiger partial charge >= 0.3 is 0 Å². The van der Waals surface area contributed by atoms with Crippen molar-refractivity contribution in [1.29, 1.82) is 0 Å². The molecular weight excluding hydrogens is 309 g/mol. The summed E-state index contributed by atoms with van der Waals surface area (Å²) in [5.74, 6) is -1.02. The lowest BCUT2D eigenvalue weighted by Gasteiger charge is -2.12. The van der Waals surface area contributed by atoms with E-state index in [-0.39, 0.29) is 34.5 Å². The average molecular weight is 324 g/mol. The predicted molar refractivity (Wildman–Crippen MR) is 74.3 cm³/mol. The maximum atomic E-state index is 13.1. The molecule has 1 amide bonds. The monoisotopic (exact) mass is 323 g/mol. The smallest absolute Gasteiger partial charge is 0.242 e. The molecule has 0 fully saturated rings. The molecule has 0 aliphatic rings. The zero-order valence-electron chi connectivity index (χ0n) is 11.0. The number of nitrogen functional groups attached to an aromatic ring is 1. The van der Waals surface area contributed by atoms with Crippen molar-refractivity contribution in [2.75, 3.05) is 26.4 Å². The third-order valence-electron chi connectivity index (χ3n) is 2.47. The van der Waals surface area contributed by atoms with Crippen molar-refractivity contribution < 1.29 is 17.6 Å². The van der Waals surface area contributed by atoms with Crippen molar-refractivity contribution in [3.63, 3.8) is 0 Å². The molecule has 0 spiro atoms. The Morgan fingerprint density at radius 1 is 1.45 bits per heavy atom. The van der Waals surface area contributed by atoms with Crippen LogP contribution < -0.4 is 10.5 Å². The molecule has 0 saturated heterocycles. The van der Waals surface area contributed by atoms with Gasteiger partial charge in [-0.3, -0.25) is 4.79 Å². The van der Waals surface area contributed by atoms with Crippen LogP contribution >= 0.6 is 11.6 Å². The molecule has 0 atom stereocenters. The van der Waals surface area contributed by atoms with Crippen molar-refractivity contribution >= 4 is 33.2 Å². The molecule has 1 aromatic carbocycles. The first-order valence-electron chi connectivity index (χ1n) is 5.59. The minimum Gasteiger partial charge on any atom is -0.396 e. The number of nitrogens with zero attached hydrogens (tertiary/aromatic N) is 1. The van der Waals surface area contributed by atoms with Gasteiger partial charge in [0.2, 0.25) is 15.9 Å². The SMILES string of the molecule is CN(C)C(=O)CCNS(=O)(=O)c1cc(N)c(F)cc1Cl. The van der Waals surface area contributed by atoms with Crippen molar-refractivity contribution in [2.24, 2.45) is 0 Å². The molecule has 0 unspecified atom stereocenters. The third-order valence-corrected chi connectivity index (χ3v) is 4.40. The molecule has 6 nitrogen and oxygen atoms in total. The predicted octanol–water partition coefficient (Wildman–Crippen LogP) is 0.818. The molecule has 0 radical (unpaired) electrons. The zero-order chi connectivity index (χ0) is 15.5. The van der Waals surface area contributed by atoms with Crippen LogP contribution in [0.2, 0.25) is 5.02 Å². The highest BCUT2D eigenvalue weighted by Crippen LogP contribution is 2.26. The second kappa shape index (κ2) is 6.38. The van der Waals surface area contributed by atoms with Gasteiger partial charge in [0.15, 0.2) is 0 Å². The van der Waals surface area contributed by atoms with Crippen LogP contribution in [0.15, 0.2) is 17.0 Å². The van der Waals surface area contributed by atoms with Gasteiger partial charge < -0.3 is 10.6 Å². The quantitative estimate of drug-likeness (QED) is 0.785. The number of carbonyl (C=O) groups excluding carboxylic acids is 1. The number of nitrogens with one attached hydrogen (secondary N) is 1. The van der Waals surface area contributed by atoms with E-state index in [2.05, 4.69) is 4.72 Å². The molecule has 3 N–H and O–H groups in total. The minimum atomic E-state index is -3.95. The van der Waals surface area contributed by atoms with Gasteiger partial charge in [0.05, 0.1) is 10.7 Å². The number of sulfonamides is 1. The van der Waals surface area contributed by atoms with Crippen LogP contribution in [0, 0.1) is 5.82 Å². The Balaban J connectivity index is 2.85. The molecule has 1 rings (SSSR count). The maximum absolute atomic E-state index is 13.1. The summed E-state index contributed by atoms with van der Waals surface area (Å²) in [5.41, 5.74) is 5.00. The van der Waals surface area contributed by atoms with Crippen molar-refractivity contribution in [3.05, 3.63) is 23.0 Å². The van der Waals surface area contributed by atoms with Crippen LogP contribution in [0.25, 0.3) is 0 Å². The number of amides is 1. The number of rotatable bonds is 5. The molecule has 0 heterocycles. The number of hydrogen-bond donors (Lipinski definition) is 2. The van der Waals surface area contributed by atoms with Gasteiger partial charge in [0.25, 0.3) is 0 Å². The highest BCUT2D eigenvalue weighted by Gasteiger charge is 2.20. The van der Waals surface area contributed by atoms with Crippen LogP contribution in [0.4, 0.5) is 10.1 Å². The fraction of sp³-hybridized carbons (Fsp3) is 0.364. The number of anilines is 1. The number of hydrogen-bond acceptors (Lipinski definition) is 4. The summed E-state index contributed by atoms with van der Waals surface area (Å²) in [7, 11) is -0.823. The Morgan fingerprint density at radius 2 is 2.05 bits per heavy atom. The number of carbonyl (C=O) groups is 1. The molecule has 0 aliphatic heterocycles. The number of benzene rings is 1.